The van der Waals surface area contributed by atoms with Gasteiger partial charge in [0.2, 0.25) is 0 Å². The van der Waals surface area contributed by atoms with Crippen molar-refractivity contribution in [2.24, 2.45) is 0 Å². The minimum atomic E-state index is -0.558. The van der Waals surface area contributed by atoms with Crippen molar-refractivity contribution in [2.45, 2.75) is 20.4 Å². The summed E-state index contributed by atoms with van der Waals surface area (Å²) in [4.78, 5) is 10.6. The summed E-state index contributed by atoms with van der Waals surface area (Å²) in [5, 5.41) is 1.99. The Morgan fingerprint density at radius 1 is 1.47 bits per heavy atom. The van der Waals surface area contributed by atoms with E-state index in [1.165, 1.54) is 0 Å². The van der Waals surface area contributed by atoms with Crippen LogP contribution < -0.4 is 10.1 Å². The fourth-order valence-corrected chi connectivity index (χ4v) is 1.59. The topological polar surface area (TPSA) is 38.3 Å². The van der Waals surface area contributed by atoms with E-state index in [1.54, 1.807) is 7.11 Å². The number of halogens is 1. The first-order valence-corrected chi connectivity index (χ1v) is 5.00. The first-order chi connectivity index (χ1) is 7.04. The van der Waals surface area contributed by atoms with Crippen LogP contribution in [0.15, 0.2) is 12.1 Å². The summed E-state index contributed by atoms with van der Waals surface area (Å²) in [5.74, 6) is 0.776. The molecule has 1 aromatic carbocycles. The fourth-order valence-electron chi connectivity index (χ4n) is 1.53. The highest BCUT2D eigenvalue weighted by Gasteiger charge is 2.08. The predicted octanol–water partition coefficient (Wildman–Crippen LogP) is 2.76. The number of carbonyl (C=O) groups is 1. The molecule has 1 rings (SSSR count). The van der Waals surface area contributed by atoms with E-state index in [9.17, 15) is 4.79 Å². The number of hydrogen-bond donors (Lipinski definition) is 1. The molecule has 0 bridgehead atoms. The Balaban J connectivity index is 2.98. The molecule has 0 aliphatic carbocycles. The van der Waals surface area contributed by atoms with Gasteiger partial charge in [0.05, 0.1) is 7.11 Å². The summed E-state index contributed by atoms with van der Waals surface area (Å²) in [6.07, 6.45) is 0. The smallest absolute Gasteiger partial charge is 0.314 e. The number of carbonyl (C=O) groups excluding carboxylic acids is 1. The molecular weight excluding hydrogens is 214 g/mol. The third kappa shape index (κ3) is 3.13. The molecule has 0 aromatic heterocycles. The van der Waals surface area contributed by atoms with Crippen LogP contribution in [-0.2, 0) is 6.54 Å². The maximum absolute atomic E-state index is 10.6. The van der Waals surface area contributed by atoms with Gasteiger partial charge in [-0.2, -0.15) is 0 Å². The summed E-state index contributed by atoms with van der Waals surface area (Å²) >= 11 is 5.22. The van der Waals surface area contributed by atoms with Crippen LogP contribution in [0, 0.1) is 13.8 Å². The van der Waals surface area contributed by atoms with E-state index < -0.39 is 5.37 Å². The van der Waals surface area contributed by atoms with E-state index in [4.69, 9.17) is 16.3 Å². The molecule has 82 valence electrons. The molecule has 0 saturated carbocycles. The number of methoxy groups -OCH3 is 1. The van der Waals surface area contributed by atoms with Crippen LogP contribution in [0.5, 0.6) is 5.75 Å². The van der Waals surface area contributed by atoms with Crippen molar-refractivity contribution in [3.63, 3.8) is 0 Å². The van der Waals surface area contributed by atoms with Gasteiger partial charge < -0.3 is 10.1 Å². The van der Waals surface area contributed by atoms with Gasteiger partial charge in [-0.25, -0.2) is 0 Å². The van der Waals surface area contributed by atoms with Crippen molar-refractivity contribution in [3.8, 4) is 5.75 Å². The summed E-state index contributed by atoms with van der Waals surface area (Å²) in [6.45, 7) is 4.36. The second-order valence-electron chi connectivity index (χ2n) is 3.39. The molecule has 0 aliphatic rings. The molecule has 0 atom stereocenters. The quantitative estimate of drug-likeness (QED) is 0.637. The van der Waals surface area contributed by atoms with Gasteiger partial charge in [-0.3, -0.25) is 4.79 Å². The summed E-state index contributed by atoms with van der Waals surface area (Å²) in [7, 11) is 1.61. The lowest BCUT2D eigenvalue weighted by Crippen LogP contribution is -2.17. The first kappa shape index (κ1) is 11.9. The van der Waals surface area contributed by atoms with Crippen molar-refractivity contribution in [2.75, 3.05) is 7.11 Å². The Morgan fingerprint density at radius 3 is 2.67 bits per heavy atom. The van der Waals surface area contributed by atoms with Crippen molar-refractivity contribution in [1.82, 2.24) is 5.32 Å². The number of ether oxygens (including phenoxy) is 1. The molecule has 1 amide bonds. The second-order valence-corrected chi connectivity index (χ2v) is 3.73. The normalized spacial score (nSPS) is 9.87. The van der Waals surface area contributed by atoms with Crippen LogP contribution in [0.3, 0.4) is 0 Å². The zero-order chi connectivity index (χ0) is 11.4. The number of hydrogen-bond acceptors (Lipinski definition) is 2. The average Bonchev–Trinajstić information content (AvgIpc) is 2.14. The lowest BCUT2D eigenvalue weighted by atomic mass is 10.0. The van der Waals surface area contributed by atoms with Crippen molar-refractivity contribution >= 4 is 17.0 Å². The lowest BCUT2D eigenvalue weighted by Gasteiger charge is -2.12. The molecule has 1 aromatic rings. The number of rotatable bonds is 3. The van der Waals surface area contributed by atoms with E-state index in [-0.39, 0.29) is 0 Å². The van der Waals surface area contributed by atoms with Gasteiger partial charge in [0.1, 0.15) is 5.75 Å². The molecule has 0 aliphatic heterocycles. The van der Waals surface area contributed by atoms with E-state index in [0.717, 1.165) is 22.4 Å². The summed E-state index contributed by atoms with van der Waals surface area (Å²) in [5.41, 5.74) is 3.17. The highest BCUT2D eigenvalue weighted by atomic mass is 35.5. The number of amides is 1. The first-order valence-electron chi connectivity index (χ1n) is 4.62. The maximum Gasteiger partial charge on any atom is 0.314 e. The zero-order valence-electron chi connectivity index (χ0n) is 9.06. The molecule has 0 unspecified atom stereocenters. The molecule has 0 radical (unpaired) electrons. The van der Waals surface area contributed by atoms with Gasteiger partial charge in [0.25, 0.3) is 0 Å². The molecule has 4 heteroatoms. The van der Waals surface area contributed by atoms with Crippen LogP contribution in [0.25, 0.3) is 0 Å². The van der Waals surface area contributed by atoms with Crippen LogP contribution in [0.1, 0.15) is 16.7 Å². The summed E-state index contributed by atoms with van der Waals surface area (Å²) in [6, 6.07) is 3.97. The maximum atomic E-state index is 10.6. The van der Waals surface area contributed by atoms with Crippen molar-refractivity contribution in [3.05, 3.63) is 28.8 Å². The number of benzene rings is 1. The molecular formula is C11H14ClNO2. The third-order valence-electron chi connectivity index (χ3n) is 2.20. The molecule has 0 fully saturated rings. The minimum Gasteiger partial charge on any atom is -0.496 e. The van der Waals surface area contributed by atoms with Crippen LogP contribution in [0.2, 0.25) is 0 Å². The second kappa shape index (κ2) is 5.03. The van der Waals surface area contributed by atoms with Gasteiger partial charge >= 0.3 is 5.37 Å². The highest BCUT2D eigenvalue weighted by Crippen LogP contribution is 2.23. The van der Waals surface area contributed by atoms with Crippen LogP contribution in [-0.4, -0.2) is 12.5 Å². The Labute approximate surface area is 94.4 Å². The SMILES string of the molecule is COc1cc(C)cc(C)c1CNC(=O)Cl. The van der Waals surface area contributed by atoms with Gasteiger partial charge in [0.15, 0.2) is 0 Å². The predicted molar refractivity (Wildman–Crippen MR) is 60.6 cm³/mol. The van der Waals surface area contributed by atoms with Gasteiger partial charge in [-0.1, -0.05) is 6.07 Å². The molecule has 0 spiro atoms. The van der Waals surface area contributed by atoms with Crippen molar-refractivity contribution in [1.29, 1.82) is 0 Å². The van der Waals surface area contributed by atoms with E-state index >= 15 is 0 Å². The zero-order valence-corrected chi connectivity index (χ0v) is 9.81. The number of nitrogens with one attached hydrogen (secondary N) is 1. The number of aryl methyl sites for hydroxylation is 2. The standard InChI is InChI=1S/C11H14ClNO2/c1-7-4-8(2)9(6-13-11(12)14)10(5-7)15-3/h4-5H,6H2,1-3H3,(H,13,14). The van der Waals surface area contributed by atoms with Crippen molar-refractivity contribution < 1.29 is 9.53 Å². The van der Waals surface area contributed by atoms with E-state index in [1.807, 2.05) is 26.0 Å². The molecule has 3 nitrogen and oxygen atoms in total. The summed E-state index contributed by atoms with van der Waals surface area (Å²) < 4.78 is 5.24. The van der Waals surface area contributed by atoms with Gasteiger partial charge in [0, 0.05) is 12.1 Å². The molecule has 1 N–H and O–H groups in total. The van der Waals surface area contributed by atoms with Crippen LogP contribution >= 0.6 is 11.6 Å². The largest absolute Gasteiger partial charge is 0.496 e. The van der Waals surface area contributed by atoms with Gasteiger partial charge in [-0.15, -0.1) is 0 Å². The monoisotopic (exact) mass is 227 g/mol. The Bertz CT molecular complexity index is 377. The molecule has 0 heterocycles. The highest BCUT2D eigenvalue weighted by molar-refractivity contribution is 6.62. The van der Waals surface area contributed by atoms with E-state index in [0.29, 0.717) is 6.54 Å². The third-order valence-corrected chi connectivity index (χ3v) is 2.33. The molecule has 0 saturated heterocycles. The van der Waals surface area contributed by atoms with E-state index in [2.05, 4.69) is 5.32 Å². The average molecular weight is 228 g/mol. The van der Waals surface area contributed by atoms with Gasteiger partial charge in [-0.05, 0) is 42.6 Å². The molecule has 15 heavy (non-hydrogen) atoms. The Hall–Kier alpha value is -1.22. The lowest BCUT2D eigenvalue weighted by molar-refractivity contribution is 0.259. The Morgan fingerprint density at radius 2 is 2.13 bits per heavy atom. The fraction of sp³-hybridized carbons (Fsp3) is 0.364. The Kier molecular flexibility index (Phi) is 3.97. The minimum absolute atomic E-state index is 0.387. The van der Waals surface area contributed by atoms with Crippen LogP contribution in [0.4, 0.5) is 4.79 Å².